The number of thiophene rings is 1. The molecule has 7 heteroatoms. The van der Waals surface area contributed by atoms with Crippen molar-refractivity contribution in [1.29, 1.82) is 0 Å². The first-order chi connectivity index (χ1) is 8.90. The van der Waals surface area contributed by atoms with Gasteiger partial charge in [0.2, 0.25) is 0 Å². The molecule has 2 aromatic heterocycles. The smallest absolute Gasteiger partial charge is 0.340 e. The summed E-state index contributed by atoms with van der Waals surface area (Å²) in [5.41, 5.74) is 1.04. The maximum absolute atomic E-state index is 12.1. The molecule has 0 fully saturated rings. The number of rotatable bonds is 3. The van der Waals surface area contributed by atoms with Crippen molar-refractivity contribution in [3.8, 4) is 0 Å². The van der Waals surface area contributed by atoms with Crippen LogP contribution in [0.2, 0.25) is 0 Å². The molecule has 0 aliphatic rings. The van der Waals surface area contributed by atoms with Crippen molar-refractivity contribution >= 4 is 39.7 Å². The molecule has 0 unspecified atom stereocenters. The van der Waals surface area contributed by atoms with Crippen LogP contribution in [0.3, 0.4) is 0 Å². The van der Waals surface area contributed by atoms with E-state index >= 15 is 0 Å². The highest BCUT2D eigenvalue weighted by molar-refractivity contribution is 7.12. The largest absolute Gasteiger partial charge is 0.478 e. The maximum Gasteiger partial charge on any atom is 0.340 e. The number of hydrogen-bond donors (Lipinski definition) is 2. The zero-order chi connectivity index (χ0) is 14.2. The number of carboxylic acid groups (broad SMARTS) is 1. The molecule has 1 amide bonds. The Balaban J connectivity index is 2.29. The van der Waals surface area contributed by atoms with Gasteiger partial charge in [0.1, 0.15) is 10.6 Å². The monoisotopic (exact) mass is 296 g/mol. The molecule has 19 heavy (non-hydrogen) atoms. The van der Waals surface area contributed by atoms with Gasteiger partial charge in [0, 0.05) is 9.75 Å². The van der Waals surface area contributed by atoms with E-state index in [1.54, 1.807) is 13.0 Å². The normalized spacial score (nSPS) is 10.5. The molecule has 0 atom stereocenters. The average Bonchev–Trinajstić information content (AvgIpc) is 2.82. The van der Waals surface area contributed by atoms with Crippen LogP contribution < -0.4 is 5.32 Å². The molecule has 0 radical (unpaired) electrons. The number of aromatic nitrogens is 1. The van der Waals surface area contributed by atoms with Gasteiger partial charge >= 0.3 is 5.97 Å². The van der Waals surface area contributed by atoms with E-state index < -0.39 is 5.97 Å². The molecule has 0 bridgehead atoms. The Hall–Kier alpha value is -1.73. The minimum Gasteiger partial charge on any atom is -0.478 e. The molecule has 2 N–H and O–H groups in total. The number of aryl methyl sites for hydroxylation is 3. The van der Waals surface area contributed by atoms with Crippen LogP contribution in [0.25, 0.3) is 0 Å². The van der Waals surface area contributed by atoms with E-state index in [2.05, 4.69) is 9.69 Å². The van der Waals surface area contributed by atoms with Crippen LogP contribution in [-0.2, 0) is 0 Å². The minimum absolute atomic E-state index is 0.0583. The van der Waals surface area contributed by atoms with Crippen molar-refractivity contribution in [2.45, 2.75) is 20.8 Å². The van der Waals surface area contributed by atoms with Crippen molar-refractivity contribution in [1.82, 2.24) is 4.37 Å². The predicted molar refractivity (Wildman–Crippen MR) is 75.6 cm³/mol. The van der Waals surface area contributed by atoms with Crippen LogP contribution in [0.4, 0.5) is 5.00 Å². The Bertz CT molecular complexity index is 658. The van der Waals surface area contributed by atoms with Crippen molar-refractivity contribution in [2.24, 2.45) is 0 Å². The second kappa shape index (κ2) is 5.10. The highest BCUT2D eigenvalue weighted by Gasteiger charge is 2.20. The summed E-state index contributed by atoms with van der Waals surface area (Å²) in [4.78, 5) is 25.2. The zero-order valence-corrected chi connectivity index (χ0v) is 12.2. The molecule has 2 heterocycles. The highest BCUT2D eigenvalue weighted by Crippen LogP contribution is 2.27. The summed E-state index contributed by atoms with van der Waals surface area (Å²) in [6, 6.07) is 1.80. The standard InChI is InChI=1S/C12H12N2O3S2/c1-5-4-8(7(3)18-5)10(15)13-11-9(12(16)17)6(2)14-19-11/h4H,1-3H3,(H,13,15)(H,16,17). The van der Waals surface area contributed by atoms with Crippen LogP contribution in [0.15, 0.2) is 6.07 Å². The molecular weight excluding hydrogens is 284 g/mol. The lowest BCUT2D eigenvalue weighted by atomic mass is 10.2. The van der Waals surface area contributed by atoms with E-state index in [9.17, 15) is 9.59 Å². The number of aromatic carboxylic acids is 1. The maximum atomic E-state index is 12.1. The first-order valence-electron chi connectivity index (χ1n) is 5.48. The molecule has 2 rings (SSSR count). The quantitative estimate of drug-likeness (QED) is 0.912. The second-order valence-corrected chi connectivity index (χ2v) is 6.29. The summed E-state index contributed by atoms with van der Waals surface area (Å²) in [5, 5.41) is 12.0. The topological polar surface area (TPSA) is 79.3 Å². The molecule has 0 saturated heterocycles. The molecule has 2 aromatic rings. The van der Waals surface area contributed by atoms with E-state index in [0.29, 0.717) is 11.3 Å². The fourth-order valence-electron chi connectivity index (χ4n) is 1.73. The van der Waals surface area contributed by atoms with Crippen LogP contribution in [0, 0.1) is 20.8 Å². The van der Waals surface area contributed by atoms with Crippen molar-refractivity contribution in [2.75, 3.05) is 5.32 Å². The van der Waals surface area contributed by atoms with Gasteiger partial charge in [-0.3, -0.25) is 4.79 Å². The van der Waals surface area contributed by atoms with E-state index in [0.717, 1.165) is 21.3 Å². The lowest BCUT2D eigenvalue weighted by Crippen LogP contribution is -2.13. The van der Waals surface area contributed by atoms with Crippen molar-refractivity contribution < 1.29 is 14.7 Å². The Labute approximate surface area is 118 Å². The molecule has 0 aromatic carbocycles. The first-order valence-corrected chi connectivity index (χ1v) is 7.07. The fraction of sp³-hybridized carbons (Fsp3) is 0.250. The van der Waals surface area contributed by atoms with Gasteiger partial charge in [-0.05, 0) is 38.4 Å². The number of hydrogen-bond acceptors (Lipinski definition) is 5. The Morgan fingerprint density at radius 1 is 1.32 bits per heavy atom. The predicted octanol–water partition coefficient (Wildman–Crippen LogP) is 3.08. The van der Waals surface area contributed by atoms with Gasteiger partial charge in [-0.1, -0.05) is 0 Å². The third-order valence-electron chi connectivity index (χ3n) is 2.59. The van der Waals surface area contributed by atoms with Crippen LogP contribution in [-0.4, -0.2) is 21.4 Å². The van der Waals surface area contributed by atoms with Crippen molar-refractivity contribution in [3.05, 3.63) is 32.6 Å². The lowest BCUT2D eigenvalue weighted by Gasteiger charge is -2.03. The Morgan fingerprint density at radius 2 is 2.00 bits per heavy atom. The van der Waals surface area contributed by atoms with Gasteiger partial charge in [-0.15, -0.1) is 11.3 Å². The number of amides is 1. The summed E-state index contributed by atoms with van der Waals surface area (Å²) in [7, 11) is 0. The van der Waals surface area contributed by atoms with Gasteiger partial charge in [0.15, 0.2) is 0 Å². The van der Waals surface area contributed by atoms with E-state index in [1.165, 1.54) is 11.3 Å². The SMILES string of the molecule is Cc1cc(C(=O)Nc2snc(C)c2C(=O)O)c(C)s1. The van der Waals surface area contributed by atoms with E-state index in [4.69, 9.17) is 5.11 Å². The van der Waals surface area contributed by atoms with Gasteiger partial charge in [-0.25, -0.2) is 4.79 Å². The molecule has 0 spiro atoms. The van der Waals surface area contributed by atoms with Gasteiger partial charge in [0.05, 0.1) is 11.3 Å². The highest BCUT2D eigenvalue weighted by atomic mass is 32.1. The summed E-state index contributed by atoms with van der Waals surface area (Å²) < 4.78 is 3.96. The number of carboxylic acids is 1. The summed E-state index contributed by atoms with van der Waals surface area (Å²) in [5.74, 6) is -1.38. The van der Waals surface area contributed by atoms with Crippen molar-refractivity contribution in [3.63, 3.8) is 0 Å². The molecule has 0 aliphatic carbocycles. The fourth-order valence-corrected chi connectivity index (χ4v) is 3.44. The molecule has 5 nitrogen and oxygen atoms in total. The van der Waals surface area contributed by atoms with E-state index in [1.807, 2.05) is 13.8 Å². The third kappa shape index (κ3) is 2.66. The van der Waals surface area contributed by atoms with Crippen LogP contribution in [0.1, 0.15) is 36.2 Å². The van der Waals surface area contributed by atoms with Crippen LogP contribution in [0.5, 0.6) is 0 Å². The summed E-state index contributed by atoms with van der Waals surface area (Å²) in [6.45, 7) is 5.40. The number of nitrogens with zero attached hydrogens (tertiary/aromatic N) is 1. The lowest BCUT2D eigenvalue weighted by molar-refractivity contribution is 0.0697. The van der Waals surface area contributed by atoms with Gasteiger partial charge in [-0.2, -0.15) is 4.37 Å². The average molecular weight is 296 g/mol. The molecule has 0 saturated carbocycles. The second-order valence-electron chi connectivity index (χ2n) is 4.06. The summed E-state index contributed by atoms with van der Waals surface area (Å²) >= 11 is 2.52. The van der Waals surface area contributed by atoms with E-state index in [-0.39, 0.29) is 16.5 Å². The number of carbonyl (C=O) groups is 2. The Morgan fingerprint density at radius 3 is 2.53 bits per heavy atom. The summed E-state index contributed by atoms with van der Waals surface area (Å²) in [6.07, 6.45) is 0. The first kappa shape index (κ1) is 13.7. The van der Waals surface area contributed by atoms with Gasteiger partial charge < -0.3 is 10.4 Å². The molecular formula is C12H12N2O3S2. The minimum atomic E-state index is -1.08. The number of nitrogens with one attached hydrogen (secondary N) is 1. The zero-order valence-electron chi connectivity index (χ0n) is 10.6. The van der Waals surface area contributed by atoms with Crippen LogP contribution >= 0.6 is 22.9 Å². The third-order valence-corrected chi connectivity index (χ3v) is 4.41. The molecule has 0 aliphatic heterocycles. The molecule has 100 valence electrons. The van der Waals surface area contributed by atoms with Gasteiger partial charge in [0.25, 0.3) is 5.91 Å². The Kier molecular flexibility index (Phi) is 3.68. The number of anilines is 1. The number of carbonyl (C=O) groups excluding carboxylic acids is 1.